The normalized spacial score (nSPS) is 10.8. The number of benzene rings is 4. The van der Waals surface area contributed by atoms with Crippen LogP contribution >= 0.6 is 11.6 Å². The number of para-hydroxylation sites is 1. The summed E-state index contributed by atoms with van der Waals surface area (Å²) in [4.78, 5) is 57.6. The molecule has 16 nitrogen and oxygen atoms in total. The highest BCUT2D eigenvalue weighted by atomic mass is 35.5. The highest BCUT2D eigenvalue weighted by Crippen LogP contribution is 2.26. The van der Waals surface area contributed by atoms with Crippen LogP contribution in [0.2, 0.25) is 5.02 Å². The van der Waals surface area contributed by atoms with E-state index in [0.29, 0.717) is 22.0 Å². The molecule has 4 heterocycles. The van der Waals surface area contributed by atoms with Crippen LogP contribution in [-0.2, 0) is 9.47 Å². The summed E-state index contributed by atoms with van der Waals surface area (Å²) >= 11 is 5.92. The van der Waals surface area contributed by atoms with Crippen molar-refractivity contribution in [2.75, 3.05) is 14.2 Å². The van der Waals surface area contributed by atoms with Gasteiger partial charge in [-0.3, -0.25) is 19.8 Å². The fourth-order valence-corrected chi connectivity index (χ4v) is 5.47. The Morgan fingerprint density at radius 3 is 1.84 bits per heavy atom. The summed E-state index contributed by atoms with van der Waals surface area (Å²) < 4.78 is 50.4. The molecule has 0 aliphatic carbocycles. The minimum Gasteiger partial charge on any atom is -0.478 e. The molecule has 4 aromatic carbocycles. The third kappa shape index (κ3) is 7.20. The highest BCUT2D eigenvalue weighted by Gasteiger charge is 2.19. The summed E-state index contributed by atoms with van der Waals surface area (Å²) in [7, 11) is 2.34. The lowest BCUT2D eigenvalue weighted by Crippen LogP contribution is -2.20. The molecule has 8 aromatic rings. The van der Waals surface area contributed by atoms with Crippen LogP contribution in [0.1, 0.15) is 31.3 Å². The van der Waals surface area contributed by atoms with Gasteiger partial charge in [0, 0.05) is 10.8 Å². The summed E-state index contributed by atoms with van der Waals surface area (Å²) in [5.41, 5.74) is -0.556. The van der Waals surface area contributed by atoms with Gasteiger partial charge < -0.3 is 14.6 Å². The lowest BCUT2D eigenvalue weighted by atomic mass is 10.2. The molecule has 0 saturated heterocycles. The average Bonchev–Trinajstić information content (AvgIpc) is 3.55. The van der Waals surface area contributed by atoms with Gasteiger partial charge in [0.25, 0.3) is 5.56 Å². The second-order valence-corrected chi connectivity index (χ2v) is 11.6. The van der Waals surface area contributed by atoms with E-state index in [2.05, 4.69) is 45.2 Å². The number of fused-ring (bicyclic) bond motifs is 5. The van der Waals surface area contributed by atoms with Gasteiger partial charge in [-0.05, 0) is 48.5 Å². The maximum atomic E-state index is 13.8. The van der Waals surface area contributed by atoms with Crippen LogP contribution in [0.5, 0.6) is 0 Å². The predicted octanol–water partition coefficient (Wildman–Crippen LogP) is 5.16. The zero-order valence-electron chi connectivity index (χ0n) is 28.5. The van der Waals surface area contributed by atoms with Crippen molar-refractivity contribution in [3.63, 3.8) is 0 Å². The number of H-pyrrole nitrogens is 2. The number of nitrogens with one attached hydrogen (secondary N) is 2. The molecule has 0 aliphatic rings. The summed E-state index contributed by atoms with van der Waals surface area (Å²) in [6.07, 6.45) is 0. The lowest BCUT2D eigenvalue weighted by Gasteiger charge is -2.04. The van der Waals surface area contributed by atoms with Gasteiger partial charge >= 0.3 is 17.9 Å². The number of hydrogen-bond acceptors (Lipinski definition) is 12. The maximum Gasteiger partial charge on any atom is 0.362 e. The summed E-state index contributed by atoms with van der Waals surface area (Å²) in [5.74, 6) is -4.28. The standard InChI is InChI=1S/C16H9FN4O3.C10H6ClFN2O2.C10H7FN2O3/c17-11-3-1-2-10-12(11)18-19-14-13(10)20-21(15(14)22)9-6-4-8(5-7-9)16(23)24;1-16-10(15)9-7(11)5-3-2-4-6(12)8(5)13-14-9;1-16-10(15)8-9(14)5-3-2-4-6(11)7(5)12-13-8/h1-7,20H,(H,23,24);2-4H,1H3;2-4H,1H3,(H,12,14). The van der Waals surface area contributed by atoms with Crippen LogP contribution in [0.15, 0.2) is 88.5 Å². The monoisotopic (exact) mass is 786 g/mol. The Morgan fingerprint density at radius 2 is 1.21 bits per heavy atom. The SMILES string of the molecule is COC(=O)c1n[nH]c2c(F)cccc2c1=O.COC(=O)c1nnc2c(F)cccc2c1Cl.O=C(O)c1ccc(-n2[nH]c3c(nnc4c(F)cccc43)c2=O)cc1. The Morgan fingerprint density at radius 1 is 0.679 bits per heavy atom. The molecule has 4 aromatic heterocycles. The van der Waals surface area contributed by atoms with Gasteiger partial charge in [-0.2, -0.15) is 5.10 Å². The van der Waals surface area contributed by atoms with Gasteiger partial charge in [-0.1, -0.05) is 41.9 Å². The number of rotatable bonds is 4. The minimum absolute atomic E-state index is 0.0276. The zero-order valence-corrected chi connectivity index (χ0v) is 29.3. The number of carbonyl (C=O) groups is 3. The van der Waals surface area contributed by atoms with Gasteiger partial charge in [-0.15, -0.1) is 20.4 Å². The number of hydrogen-bond donors (Lipinski definition) is 3. The summed E-state index contributed by atoms with van der Waals surface area (Å²) in [6, 6.07) is 18.5. The molecule has 8 rings (SSSR count). The lowest BCUT2D eigenvalue weighted by molar-refractivity contribution is 0.0583. The van der Waals surface area contributed by atoms with Crippen LogP contribution in [-0.4, -0.2) is 77.6 Å². The van der Waals surface area contributed by atoms with E-state index in [-0.39, 0.29) is 49.4 Å². The second kappa shape index (κ2) is 15.8. The zero-order chi connectivity index (χ0) is 40.3. The molecule has 0 bridgehead atoms. The fraction of sp³-hybridized carbons (Fsp3) is 0.0556. The Bertz CT molecular complexity index is 2970. The first kappa shape index (κ1) is 38.2. The Kier molecular flexibility index (Phi) is 10.8. The van der Waals surface area contributed by atoms with Crippen molar-refractivity contribution in [3.8, 4) is 5.69 Å². The first-order valence-corrected chi connectivity index (χ1v) is 16.1. The molecule has 0 unspecified atom stereocenters. The first-order valence-electron chi connectivity index (χ1n) is 15.7. The van der Waals surface area contributed by atoms with Crippen molar-refractivity contribution in [2.45, 2.75) is 0 Å². The Balaban J connectivity index is 0.000000148. The van der Waals surface area contributed by atoms with E-state index < -0.39 is 46.3 Å². The molecule has 3 N–H and O–H groups in total. The molecule has 0 spiro atoms. The van der Waals surface area contributed by atoms with Crippen molar-refractivity contribution in [1.82, 2.24) is 40.4 Å². The molecule has 0 fully saturated rings. The molecule has 56 heavy (non-hydrogen) atoms. The van der Waals surface area contributed by atoms with Crippen LogP contribution < -0.4 is 11.0 Å². The van der Waals surface area contributed by atoms with Crippen LogP contribution in [0.3, 0.4) is 0 Å². The number of carboxylic acid groups (broad SMARTS) is 1. The molecule has 20 heteroatoms. The van der Waals surface area contributed by atoms with Gasteiger partial charge in [-0.25, -0.2) is 32.2 Å². The van der Waals surface area contributed by atoms with Gasteiger partial charge in [0.05, 0.1) is 41.4 Å². The number of carbonyl (C=O) groups excluding carboxylic acids is 2. The van der Waals surface area contributed by atoms with Crippen molar-refractivity contribution in [2.24, 2.45) is 0 Å². The number of nitrogens with zero attached hydrogens (tertiary/aromatic N) is 6. The number of carboxylic acids is 1. The maximum absolute atomic E-state index is 13.8. The van der Waals surface area contributed by atoms with Gasteiger partial charge in [0.15, 0.2) is 22.8 Å². The number of aromatic carboxylic acids is 1. The topological polar surface area (TPSA) is 225 Å². The molecular formula is C36H22ClF3N8O8. The van der Waals surface area contributed by atoms with E-state index in [1.807, 2.05) is 0 Å². The van der Waals surface area contributed by atoms with E-state index >= 15 is 0 Å². The van der Waals surface area contributed by atoms with Crippen molar-refractivity contribution >= 4 is 73.3 Å². The number of aromatic amines is 2. The highest BCUT2D eigenvalue weighted by molar-refractivity contribution is 6.37. The predicted molar refractivity (Wildman–Crippen MR) is 193 cm³/mol. The quantitative estimate of drug-likeness (QED) is 0.196. The smallest absolute Gasteiger partial charge is 0.362 e. The van der Waals surface area contributed by atoms with Gasteiger partial charge in [0.2, 0.25) is 11.1 Å². The van der Waals surface area contributed by atoms with E-state index in [1.165, 1.54) is 78.5 Å². The molecule has 0 saturated carbocycles. The second-order valence-electron chi connectivity index (χ2n) is 11.2. The summed E-state index contributed by atoms with van der Waals surface area (Å²) in [6.45, 7) is 0. The number of ether oxygens (including phenoxy) is 2. The van der Waals surface area contributed by atoms with Gasteiger partial charge in [0.1, 0.15) is 22.4 Å². The molecule has 0 aliphatic heterocycles. The molecule has 282 valence electrons. The van der Waals surface area contributed by atoms with Crippen LogP contribution in [0.25, 0.3) is 49.4 Å². The third-order valence-electron chi connectivity index (χ3n) is 7.94. The largest absolute Gasteiger partial charge is 0.478 e. The van der Waals surface area contributed by atoms with Crippen molar-refractivity contribution in [1.29, 1.82) is 0 Å². The molecule has 0 atom stereocenters. The first-order chi connectivity index (χ1) is 26.9. The summed E-state index contributed by atoms with van der Waals surface area (Å²) in [5, 5.41) is 33.2. The molecule has 0 amide bonds. The van der Waals surface area contributed by atoms with E-state index in [1.54, 1.807) is 12.1 Å². The Labute approximate surface area is 314 Å². The number of aromatic nitrogens is 8. The average molecular weight is 787 g/mol. The van der Waals surface area contributed by atoms with Crippen molar-refractivity contribution in [3.05, 3.63) is 139 Å². The minimum atomic E-state index is -1.06. The third-order valence-corrected chi connectivity index (χ3v) is 8.32. The molecular weight excluding hydrogens is 765 g/mol. The Hall–Kier alpha value is -7.54. The van der Waals surface area contributed by atoms with E-state index in [9.17, 15) is 37.1 Å². The van der Waals surface area contributed by atoms with E-state index in [4.69, 9.17) is 16.7 Å². The fourth-order valence-electron chi connectivity index (χ4n) is 5.21. The number of esters is 2. The van der Waals surface area contributed by atoms with Crippen molar-refractivity contribution < 1.29 is 42.1 Å². The van der Waals surface area contributed by atoms with Crippen LogP contribution in [0, 0.1) is 17.5 Å². The van der Waals surface area contributed by atoms with Crippen LogP contribution in [0.4, 0.5) is 13.2 Å². The molecule has 0 radical (unpaired) electrons. The van der Waals surface area contributed by atoms with E-state index in [0.717, 1.165) is 7.11 Å². The number of halogens is 4. The number of methoxy groups -OCH3 is 2.